The molecule has 0 amide bonds. The number of aryl methyl sites for hydroxylation is 1. The van der Waals surface area contributed by atoms with Crippen molar-refractivity contribution in [3.63, 3.8) is 0 Å². The summed E-state index contributed by atoms with van der Waals surface area (Å²) in [6, 6.07) is 9.57. The molecule has 0 saturated heterocycles. The van der Waals surface area contributed by atoms with E-state index in [1.54, 1.807) is 6.42 Å². The quantitative estimate of drug-likeness (QED) is 0.902. The molecule has 1 heterocycles. The Morgan fingerprint density at radius 2 is 1.68 bits per heavy atom. The van der Waals surface area contributed by atoms with Crippen molar-refractivity contribution in [2.75, 3.05) is 0 Å². The maximum atomic E-state index is 3.97. The molecule has 1 N–H and O–H groups in total. The largest absolute Gasteiger partial charge is 0.350 e. The standard InChI is InChI=1S/C20H26N2/c1-22-12-17(18-4-2-3-5-19(18)22)11-21-20-15-7-13-6-14(9-15)10-16(20)8-13/h2-5,12-16,20-21H,6-11H2,1H3. The number of nitrogens with one attached hydrogen (secondary N) is 1. The van der Waals surface area contributed by atoms with Crippen molar-refractivity contribution < 1.29 is 0 Å². The van der Waals surface area contributed by atoms with Gasteiger partial charge in [-0.25, -0.2) is 0 Å². The van der Waals surface area contributed by atoms with E-state index >= 15 is 0 Å². The van der Waals surface area contributed by atoms with Crippen LogP contribution in [-0.2, 0) is 13.6 Å². The van der Waals surface area contributed by atoms with E-state index < -0.39 is 0 Å². The number of benzene rings is 1. The second kappa shape index (κ2) is 4.86. The Hall–Kier alpha value is -1.28. The highest BCUT2D eigenvalue weighted by molar-refractivity contribution is 5.83. The number of aromatic nitrogens is 1. The molecule has 2 heteroatoms. The summed E-state index contributed by atoms with van der Waals surface area (Å²) >= 11 is 0. The van der Waals surface area contributed by atoms with Crippen LogP contribution in [-0.4, -0.2) is 10.6 Å². The van der Waals surface area contributed by atoms with E-state index in [9.17, 15) is 0 Å². The Kier molecular flexibility index (Phi) is 2.91. The fraction of sp³-hybridized carbons (Fsp3) is 0.600. The molecule has 0 atom stereocenters. The summed E-state index contributed by atoms with van der Waals surface area (Å²) in [6.45, 7) is 1.04. The average molecular weight is 294 g/mol. The highest BCUT2D eigenvalue weighted by Crippen LogP contribution is 2.53. The van der Waals surface area contributed by atoms with Crippen LogP contribution in [0.4, 0.5) is 0 Å². The van der Waals surface area contributed by atoms with Gasteiger partial charge in [-0.1, -0.05) is 18.2 Å². The van der Waals surface area contributed by atoms with Crippen molar-refractivity contribution in [2.24, 2.45) is 30.7 Å². The summed E-state index contributed by atoms with van der Waals surface area (Å²) in [5.74, 6) is 4.06. The molecule has 4 fully saturated rings. The third kappa shape index (κ3) is 1.96. The van der Waals surface area contributed by atoms with Gasteiger partial charge in [0.15, 0.2) is 0 Å². The minimum atomic E-state index is 0.784. The summed E-state index contributed by atoms with van der Waals surface area (Å²) in [5, 5.41) is 5.39. The van der Waals surface area contributed by atoms with Gasteiger partial charge in [-0.05, 0) is 67.4 Å². The van der Waals surface area contributed by atoms with Gasteiger partial charge < -0.3 is 9.88 Å². The van der Waals surface area contributed by atoms with E-state index in [1.165, 1.54) is 42.1 Å². The molecule has 4 saturated carbocycles. The number of nitrogens with zero attached hydrogens (tertiary/aromatic N) is 1. The molecule has 2 nitrogen and oxygen atoms in total. The Labute approximate surface area is 132 Å². The van der Waals surface area contributed by atoms with E-state index in [-0.39, 0.29) is 0 Å². The molecule has 4 aliphatic rings. The zero-order valence-corrected chi connectivity index (χ0v) is 13.5. The summed E-state index contributed by atoms with van der Waals surface area (Å²) in [5.41, 5.74) is 2.82. The molecule has 0 spiro atoms. The molecule has 1 aromatic carbocycles. The molecule has 4 aliphatic carbocycles. The van der Waals surface area contributed by atoms with Crippen molar-refractivity contribution in [2.45, 2.75) is 44.7 Å². The second-order valence-electron chi connectivity index (χ2n) is 8.12. The lowest BCUT2D eigenvalue weighted by molar-refractivity contribution is -0.0142. The Balaban J connectivity index is 1.36. The lowest BCUT2D eigenvalue weighted by atomic mass is 9.54. The van der Waals surface area contributed by atoms with Crippen LogP contribution >= 0.6 is 0 Å². The molecule has 0 radical (unpaired) electrons. The number of hydrogen-bond donors (Lipinski definition) is 1. The van der Waals surface area contributed by atoms with Gasteiger partial charge in [-0.3, -0.25) is 0 Å². The van der Waals surface area contributed by atoms with Gasteiger partial charge in [0.05, 0.1) is 0 Å². The molecule has 2 aromatic rings. The molecule has 6 rings (SSSR count). The molecule has 116 valence electrons. The molecule has 0 unspecified atom stereocenters. The van der Waals surface area contributed by atoms with E-state index in [0.29, 0.717) is 0 Å². The Bertz CT molecular complexity index is 671. The van der Waals surface area contributed by atoms with Crippen LogP contribution in [0.3, 0.4) is 0 Å². The zero-order chi connectivity index (χ0) is 14.7. The topological polar surface area (TPSA) is 17.0 Å². The minimum Gasteiger partial charge on any atom is -0.350 e. The van der Waals surface area contributed by atoms with Gasteiger partial charge in [0.1, 0.15) is 0 Å². The van der Waals surface area contributed by atoms with Crippen LogP contribution in [0.5, 0.6) is 0 Å². The highest BCUT2D eigenvalue weighted by atomic mass is 15.0. The SMILES string of the molecule is Cn1cc(CNC2C3CC4CC(C3)CC2C4)c2ccccc21. The molecule has 4 bridgehead atoms. The number of rotatable bonds is 3. The summed E-state index contributed by atoms with van der Waals surface area (Å²) < 4.78 is 2.27. The van der Waals surface area contributed by atoms with Gasteiger partial charge in [-0.15, -0.1) is 0 Å². The zero-order valence-electron chi connectivity index (χ0n) is 13.5. The summed E-state index contributed by atoms with van der Waals surface area (Å²) in [7, 11) is 2.16. The van der Waals surface area contributed by atoms with Crippen LogP contribution in [0.1, 0.15) is 37.7 Å². The fourth-order valence-corrected chi connectivity index (χ4v) is 6.05. The fourth-order valence-electron chi connectivity index (χ4n) is 6.05. The van der Waals surface area contributed by atoms with Gasteiger partial charge in [0.2, 0.25) is 0 Å². The predicted octanol–water partition coefficient (Wildman–Crippen LogP) is 4.09. The average Bonchev–Trinajstić information content (AvgIpc) is 2.83. The van der Waals surface area contributed by atoms with Crippen LogP contribution in [0, 0.1) is 23.7 Å². The maximum Gasteiger partial charge on any atom is 0.0481 e. The normalized spacial score (nSPS) is 36.3. The Morgan fingerprint density at radius 1 is 1.00 bits per heavy atom. The van der Waals surface area contributed by atoms with Crippen molar-refractivity contribution in [3.05, 3.63) is 36.0 Å². The van der Waals surface area contributed by atoms with Crippen molar-refractivity contribution in [1.82, 2.24) is 9.88 Å². The molecule has 0 aliphatic heterocycles. The van der Waals surface area contributed by atoms with E-state index in [0.717, 1.165) is 36.3 Å². The Morgan fingerprint density at radius 3 is 2.41 bits per heavy atom. The minimum absolute atomic E-state index is 0.784. The van der Waals surface area contributed by atoms with E-state index in [1.807, 2.05) is 0 Å². The van der Waals surface area contributed by atoms with Gasteiger partial charge >= 0.3 is 0 Å². The van der Waals surface area contributed by atoms with Gasteiger partial charge in [0, 0.05) is 36.7 Å². The lowest BCUT2D eigenvalue weighted by Crippen LogP contribution is -2.54. The molecule has 22 heavy (non-hydrogen) atoms. The highest BCUT2D eigenvalue weighted by Gasteiger charge is 2.47. The van der Waals surface area contributed by atoms with E-state index in [2.05, 4.69) is 47.4 Å². The van der Waals surface area contributed by atoms with Crippen LogP contribution < -0.4 is 5.32 Å². The molecule has 1 aromatic heterocycles. The van der Waals surface area contributed by atoms with Gasteiger partial charge in [-0.2, -0.15) is 0 Å². The maximum absolute atomic E-state index is 3.97. The first-order valence-corrected chi connectivity index (χ1v) is 9.04. The predicted molar refractivity (Wildman–Crippen MR) is 90.6 cm³/mol. The van der Waals surface area contributed by atoms with E-state index in [4.69, 9.17) is 0 Å². The third-order valence-corrected chi connectivity index (χ3v) is 6.73. The third-order valence-electron chi connectivity index (χ3n) is 6.73. The second-order valence-corrected chi connectivity index (χ2v) is 8.12. The smallest absolute Gasteiger partial charge is 0.0481 e. The van der Waals surface area contributed by atoms with Crippen LogP contribution in [0.15, 0.2) is 30.5 Å². The van der Waals surface area contributed by atoms with Crippen molar-refractivity contribution >= 4 is 10.9 Å². The summed E-state index contributed by atoms with van der Waals surface area (Å²) in [4.78, 5) is 0. The van der Waals surface area contributed by atoms with Crippen LogP contribution in [0.25, 0.3) is 10.9 Å². The lowest BCUT2D eigenvalue weighted by Gasteiger charge is -2.54. The number of para-hydroxylation sites is 1. The molecular weight excluding hydrogens is 268 g/mol. The first kappa shape index (κ1) is 13.2. The van der Waals surface area contributed by atoms with Gasteiger partial charge in [0.25, 0.3) is 0 Å². The molecular formula is C20H26N2. The first-order valence-electron chi connectivity index (χ1n) is 9.04. The number of fused-ring (bicyclic) bond motifs is 1. The van der Waals surface area contributed by atoms with Crippen molar-refractivity contribution in [3.8, 4) is 0 Å². The summed E-state index contributed by atoms with van der Waals surface area (Å²) in [6.07, 6.45) is 9.86. The van der Waals surface area contributed by atoms with Crippen LogP contribution in [0.2, 0.25) is 0 Å². The number of hydrogen-bond acceptors (Lipinski definition) is 1. The monoisotopic (exact) mass is 294 g/mol. The first-order chi connectivity index (χ1) is 10.8. The van der Waals surface area contributed by atoms with Crippen molar-refractivity contribution in [1.29, 1.82) is 0 Å².